The van der Waals surface area contributed by atoms with Crippen LogP contribution >= 0.6 is 0 Å². The average Bonchev–Trinajstić information content (AvgIpc) is 2.52. The van der Waals surface area contributed by atoms with Crippen molar-refractivity contribution < 1.29 is 33.5 Å². The van der Waals surface area contributed by atoms with Crippen molar-refractivity contribution in [2.75, 3.05) is 44.2 Å². The van der Waals surface area contributed by atoms with E-state index in [2.05, 4.69) is 35.8 Å². The Morgan fingerprint density at radius 3 is 2.30 bits per heavy atom. The first kappa shape index (κ1) is 19.9. The molecule has 0 spiro atoms. The van der Waals surface area contributed by atoms with Gasteiger partial charge in [-0.25, -0.2) is 0 Å². The third kappa shape index (κ3) is 6.86. The predicted octanol–water partition coefficient (Wildman–Crippen LogP) is -2.01. The second kappa shape index (κ2) is 9.87. The molecule has 1 aliphatic rings. The molecule has 0 amide bonds. The van der Waals surface area contributed by atoms with Crippen LogP contribution in [-0.2, 0) is 4.79 Å². The second-order valence-corrected chi connectivity index (χ2v) is 6.15. The van der Waals surface area contributed by atoms with E-state index in [1.165, 1.54) is 5.69 Å². The van der Waals surface area contributed by atoms with Gasteiger partial charge in [0, 0.05) is 44.4 Å². The van der Waals surface area contributed by atoms with Crippen molar-refractivity contribution in [2.24, 2.45) is 5.92 Å². The van der Waals surface area contributed by atoms with Crippen LogP contribution in [0.5, 0.6) is 5.75 Å². The number of nitrogens with zero attached hydrogens (tertiary/aromatic N) is 2. The summed E-state index contributed by atoms with van der Waals surface area (Å²) in [7, 11) is 0. The minimum atomic E-state index is -0.973. The molecule has 0 N–H and O–H groups in total. The molecule has 1 heterocycles. The number of aliphatic carboxylic acids is 1. The number of carboxylic acids is 1. The molecule has 5 nitrogen and oxygen atoms in total. The first-order chi connectivity index (χ1) is 10.5. The molecule has 0 aromatic heterocycles. The van der Waals surface area contributed by atoms with E-state index in [4.69, 9.17) is 4.74 Å². The zero-order valence-corrected chi connectivity index (χ0v) is 14.5. The Labute approximate surface area is 150 Å². The van der Waals surface area contributed by atoms with Crippen molar-refractivity contribution in [1.82, 2.24) is 4.90 Å². The number of hydrogen-bond acceptors (Lipinski definition) is 5. The third-order valence-electron chi connectivity index (χ3n) is 3.79. The molecule has 1 aliphatic heterocycles. The summed E-state index contributed by atoms with van der Waals surface area (Å²) < 4.78 is 5.69. The summed E-state index contributed by atoms with van der Waals surface area (Å²) in [5.41, 5.74) is 1.19. The fraction of sp³-hybridized carbons (Fsp3) is 0.588. The maximum absolute atomic E-state index is 10.5. The molecule has 0 atom stereocenters. The van der Waals surface area contributed by atoms with E-state index < -0.39 is 5.97 Å². The Morgan fingerprint density at radius 2 is 1.78 bits per heavy atom. The molecule has 0 unspecified atom stereocenters. The van der Waals surface area contributed by atoms with Gasteiger partial charge in [-0.1, -0.05) is 13.8 Å². The molecular formula is C17H25LiN2O3. The Morgan fingerprint density at radius 1 is 1.17 bits per heavy atom. The van der Waals surface area contributed by atoms with E-state index in [-0.39, 0.29) is 25.3 Å². The van der Waals surface area contributed by atoms with Crippen LogP contribution in [-0.4, -0.2) is 50.2 Å². The van der Waals surface area contributed by atoms with E-state index in [0.717, 1.165) is 38.5 Å². The molecule has 6 heteroatoms. The molecule has 1 fully saturated rings. The van der Waals surface area contributed by atoms with E-state index in [1.54, 1.807) is 0 Å². The Hall–Kier alpha value is -1.15. The maximum atomic E-state index is 10.5. The second-order valence-electron chi connectivity index (χ2n) is 6.15. The first-order valence-electron chi connectivity index (χ1n) is 7.94. The summed E-state index contributed by atoms with van der Waals surface area (Å²) in [4.78, 5) is 15.0. The fourth-order valence-corrected chi connectivity index (χ4v) is 2.50. The molecule has 122 valence electrons. The summed E-state index contributed by atoms with van der Waals surface area (Å²) in [5, 5.41) is 10.5. The monoisotopic (exact) mass is 312 g/mol. The summed E-state index contributed by atoms with van der Waals surface area (Å²) in [6.07, 6.45) is 0.113. The Kier molecular flexibility index (Phi) is 8.54. The molecule has 2 rings (SSSR count). The van der Waals surface area contributed by atoms with Crippen molar-refractivity contribution in [2.45, 2.75) is 20.3 Å². The Balaban J connectivity index is 0.00000264. The number of carbonyl (C=O) groups is 1. The fourth-order valence-electron chi connectivity index (χ4n) is 2.50. The van der Waals surface area contributed by atoms with Crippen LogP contribution in [0.15, 0.2) is 24.3 Å². The van der Waals surface area contributed by atoms with E-state index in [0.29, 0.717) is 12.5 Å². The number of ether oxygens (including phenoxy) is 1. The zero-order valence-electron chi connectivity index (χ0n) is 14.5. The van der Waals surface area contributed by atoms with Crippen LogP contribution in [0, 0.1) is 5.92 Å². The van der Waals surface area contributed by atoms with E-state index >= 15 is 0 Å². The molecule has 23 heavy (non-hydrogen) atoms. The van der Waals surface area contributed by atoms with Crippen molar-refractivity contribution >= 4 is 11.7 Å². The van der Waals surface area contributed by atoms with Gasteiger partial charge in [0.2, 0.25) is 0 Å². The van der Waals surface area contributed by atoms with Crippen LogP contribution in [0.4, 0.5) is 5.69 Å². The summed E-state index contributed by atoms with van der Waals surface area (Å²) >= 11 is 0. The van der Waals surface area contributed by atoms with Gasteiger partial charge in [0.25, 0.3) is 0 Å². The first-order valence-corrected chi connectivity index (χ1v) is 7.94. The van der Waals surface area contributed by atoms with Crippen LogP contribution in [0.3, 0.4) is 0 Å². The van der Waals surface area contributed by atoms with E-state index in [1.807, 2.05) is 12.1 Å². The summed E-state index contributed by atoms with van der Waals surface area (Å²) in [6.45, 7) is 9.19. The molecular weight excluding hydrogens is 287 g/mol. The molecule has 0 radical (unpaired) electrons. The van der Waals surface area contributed by atoms with Gasteiger partial charge < -0.3 is 19.5 Å². The molecule has 1 aromatic carbocycles. The SMILES string of the molecule is CC(C)COc1ccc(N2CCN(CCC(=O)[O-])CC2)cc1.[Li+]. The van der Waals surface area contributed by atoms with Gasteiger partial charge >= 0.3 is 18.9 Å². The van der Waals surface area contributed by atoms with Crippen molar-refractivity contribution in [3.8, 4) is 5.75 Å². The number of carbonyl (C=O) groups excluding carboxylic acids is 1. The van der Waals surface area contributed by atoms with Gasteiger partial charge in [0.1, 0.15) is 5.75 Å². The number of benzene rings is 1. The smallest absolute Gasteiger partial charge is 0.550 e. The normalized spacial score (nSPS) is 15.3. The topological polar surface area (TPSA) is 55.8 Å². The van der Waals surface area contributed by atoms with Crippen LogP contribution in [0.25, 0.3) is 0 Å². The molecule has 0 saturated carbocycles. The van der Waals surface area contributed by atoms with Crippen molar-refractivity contribution in [1.29, 1.82) is 0 Å². The number of anilines is 1. The van der Waals surface area contributed by atoms with Gasteiger partial charge in [0.15, 0.2) is 0 Å². The summed E-state index contributed by atoms with van der Waals surface area (Å²) in [5.74, 6) is 0.457. The average molecular weight is 312 g/mol. The Bertz CT molecular complexity index is 471. The van der Waals surface area contributed by atoms with Gasteiger partial charge in [-0.3, -0.25) is 4.90 Å². The third-order valence-corrected chi connectivity index (χ3v) is 3.79. The van der Waals surface area contributed by atoms with Gasteiger partial charge in [-0.05, 0) is 36.6 Å². The molecule has 0 bridgehead atoms. The standard InChI is InChI=1S/C17H26N2O3.Li/c1-14(2)13-22-16-5-3-15(4-6-16)19-11-9-18(10-12-19)8-7-17(20)21;/h3-6,14H,7-13H2,1-2H3,(H,20,21);/q;+1/p-1. The summed E-state index contributed by atoms with van der Waals surface area (Å²) in [6, 6.07) is 8.21. The van der Waals surface area contributed by atoms with Gasteiger partial charge in [-0.2, -0.15) is 0 Å². The van der Waals surface area contributed by atoms with Crippen molar-refractivity contribution in [3.05, 3.63) is 24.3 Å². The maximum Gasteiger partial charge on any atom is 1.00 e. The quantitative estimate of drug-likeness (QED) is 0.545. The number of hydrogen-bond donors (Lipinski definition) is 0. The van der Waals surface area contributed by atoms with Crippen LogP contribution < -0.4 is 33.6 Å². The molecule has 0 aliphatic carbocycles. The van der Waals surface area contributed by atoms with Gasteiger partial charge in [-0.15, -0.1) is 0 Å². The van der Waals surface area contributed by atoms with E-state index in [9.17, 15) is 9.90 Å². The minimum absolute atomic E-state index is 0. The number of carboxylic acid groups (broad SMARTS) is 1. The molecule has 1 saturated heterocycles. The van der Waals surface area contributed by atoms with Crippen molar-refractivity contribution in [3.63, 3.8) is 0 Å². The molecule has 1 aromatic rings. The van der Waals surface area contributed by atoms with Crippen LogP contribution in [0.1, 0.15) is 20.3 Å². The predicted molar refractivity (Wildman–Crippen MR) is 85.1 cm³/mol. The van der Waals surface area contributed by atoms with Gasteiger partial charge in [0.05, 0.1) is 6.61 Å². The minimum Gasteiger partial charge on any atom is -0.550 e. The zero-order chi connectivity index (χ0) is 15.9. The number of piperazine rings is 1. The largest absolute Gasteiger partial charge is 1.00 e. The van der Waals surface area contributed by atoms with Crippen LogP contribution in [0.2, 0.25) is 0 Å². The number of rotatable bonds is 7.